The molecule has 104 valence electrons. The van der Waals surface area contributed by atoms with Gasteiger partial charge >= 0.3 is 0 Å². The van der Waals surface area contributed by atoms with Crippen molar-refractivity contribution >= 4 is 11.5 Å². The van der Waals surface area contributed by atoms with Gasteiger partial charge in [0, 0.05) is 18.9 Å². The standard InChI is InChI=1S/C14H22N4O/c1-5-15-11-10-18-8-7-16-12(18)13(17-11)19-9-6-14(2,3)4/h7-8,10,15H,5-6,9H2,1-4H3. The van der Waals surface area contributed by atoms with Crippen LogP contribution in [0.15, 0.2) is 18.6 Å². The Bertz CT molecular complexity index is 542. The molecule has 0 unspecified atom stereocenters. The van der Waals surface area contributed by atoms with E-state index in [9.17, 15) is 0 Å². The quantitative estimate of drug-likeness (QED) is 0.900. The van der Waals surface area contributed by atoms with Crippen LogP contribution in [0.25, 0.3) is 5.65 Å². The van der Waals surface area contributed by atoms with Gasteiger partial charge in [-0.3, -0.25) is 4.40 Å². The second kappa shape index (κ2) is 5.47. The molecule has 0 aliphatic rings. The minimum absolute atomic E-state index is 0.255. The molecule has 0 aromatic carbocycles. The number of imidazole rings is 1. The summed E-state index contributed by atoms with van der Waals surface area (Å²) in [5.41, 5.74) is 1.01. The van der Waals surface area contributed by atoms with Gasteiger partial charge in [0.05, 0.1) is 12.8 Å². The third kappa shape index (κ3) is 3.59. The number of ether oxygens (including phenoxy) is 1. The maximum Gasteiger partial charge on any atom is 0.260 e. The topological polar surface area (TPSA) is 51.5 Å². The van der Waals surface area contributed by atoms with Crippen molar-refractivity contribution in [2.45, 2.75) is 34.1 Å². The van der Waals surface area contributed by atoms with E-state index in [0.717, 1.165) is 24.4 Å². The summed E-state index contributed by atoms with van der Waals surface area (Å²) in [4.78, 5) is 8.75. The molecule has 0 aliphatic carbocycles. The summed E-state index contributed by atoms with van der Waals surface area (Å²) in [7, 11) is 0. The van der Waals surface area contributed by atoms with Gasteiger partial charge in [0.1, 0.15) is 5.82 Å². The Kier molecular flexibility index (Phi) is 3.93. The van der Waals surface area contributed by atoms with Crippen molar-refractivity contribution in [3.8, 4) is 5.88 Å². The average molecular weight is 262 g/mol. The Morgan fingerprint density at radius 2 is 2.16 bits per heavy atom. The van der Waals surface area contributed by atoms with E-state index in [-0.39, 0.29) is 5.41 Å². The van der Waals surface area contributed by atoms with Crippen LogP contribution in [0.5, 0.6) is 5.88 Å². The number of fused-ring (bicyclic) bond motifs is 1. The minimum atomic E-state index is 0.255. The van der Waals surface area contributed by atoms with E-state index in [1.807, 2.05) is 23.7 Å². The highest BCUT2D eigenvalue weighted by atomic mass is 16.5. The second-order valence-electron chi connectivity index (χ2n) is 5.78. The second-order valence-corrected chi connectivity index (χ2v) is 5.78. The van der Waals surface area contributed by atoms with Crippen molar-refractivity contribution in [1.29, 1.82) is 0 Å². The maximum atomic E-state index is 5.81. The molecule has 2 heterocycles. The van der Waals surface area contributed by atoms with Gasteiger partial charge in [0.25, 0.3) is 5.88 Å². The fourth-order valence-electron chi connectivity index (χ4n) is 1.72. The first-order valence-electron chi connectivity index (χ1n) is 6.70. The third-order valence-corrected chi connectivity index (χ3v) is 2.79. The number of nitrogens with one attached hydrogen (secondary N) is 1. The zero-order valence-electron chi connectivity index (χ0n) is 12.1. The summed E-state index contributed by atoms with van der Waals surface area (Å²) in [6.07, 6.45) is 6.55. The Balaban J connectivity index is 2.18. The highest BCUT2D eigenvalue weighted by Gasteiger charge is 2.12. The summed E-state index contributed by atoms with van der Waals surface area (Å²) in [6, 6.07) is 0. The molecule has 0 aliphatic heterocycles. The SMILES string of the molecule is CCNc1cn2ccnc2c(OCCC(C)(C)C)n1. The molecule has 0 atom stereocenters. The van der Waals surface area contributed by atoms with Crippen LogP contribution in [0.4, 0.5) is 5.82 Å². The monoisotopic (exact) mass is 262 g/mol. The fraction of sp³-hybridized carbons (Fsp3) is 0.571. The van der Waals surface area contributed by atoms with E-state index in [1.165, 1.54) is 0 Å². The first-order valence-corrected chi connectivity index (χ1v) is 6.70. The van der Waals surface area contributed by atoms with Crippen molar-refractivity contribution in [1.82, 2.24) is 14.4 Å². The van der Waals surface area contributed by atoms with E-state index >= 15 is 0 Å². The molecule has 5 nitrogen and oxygen atoms in total. The molecule has 0 amide bonds. The number of nitrogens with zero attached hydrogens (tertiary/aromatic N) is 3. The Hall–Kier alpha value is -1.78. The normalized spacial score (nSPS) is 11.8. The van der Waals surface area contributed by atoms with Crippen LogP contribution in [-0.4, -0.2) is 27.5 Å². The predicted molar refractivity (Wildman–Crippen MR) is 76.7 cm³/mol. The minimum Gasteiger partial charge on any atom is -0.475 e. The van der Waals surface area contributed by atoms with Crippen LogP contribution in [0, 0.1) is 5.41 Å². The lowest BCUT2D eigenvalue weighted by atomic mass is 9.93. The molecule has 0 spiro atoms. The van der Waals surface area contributed by atoms with Gasteiger partial charge in [-0.25, -0.2) is 4.98 Å². The van der Waals surface area contributed by atoms with Crippen molar-refractivity contribution < 1.29 is 4.74 Å². The summed E-state index contributed by atoms with van der Waals surface area (Å²) in [5, 5.41) is 3.20. The number of rotatable bonds is 5. The Morgan fingerprint density at radius 3 is 2.84 bits per heavy atom. The molecular weight excluding hydrogens is 240 g/mol. The van der Waals surface area contributed by atoms with Crippen LogP contribution in [0.3, 0.4) is 0 Å². The number of aromatic nitrogens is 3. The number of hydrogen-bond donors (Lipinski definition) is 1. The van der Waals surface area contributed by atoms with Gasteiger partial charge < -0.3 is 10.1 Å². The Morgan fingerprint density at radius 1 is 1.37 bits per heavy atom. The molecule has 19 heavy (non-hydrogen) atoms. The van der Waals surface area contributed by atoms with Crippen LogP contribution in [0.1, 0.15) is 34.1 Å². The lowest BCUT2D eigenvalue weighted by Gasteiger charge is -2.18. The van der Waals surface area contributed by atoms with Crippen LogP contribution in [0.2, 0.25) is 0 Å². The first-order chi connectivity index (χ1) is 8.99. The van der Waals surface area contributed by atoms with Gasteiger partial charge in [0.2, 0.25) is 5.65 Å². The molecule has 2 rings (SSSR count). The first kappa shape index (κ1) is 13.6. The van der Waals surface area contributed by atoms with E-state index < -0.39 is 0 Å². The molecule has 1 N–H and O–H groups in total. The van der Waals surface area contributed by atoms with E-state index in [1.54, 1.807) is 6.20 Å². The summed E-state index contributed by atoms with van der Waals surface area (Å²) < 4.78 is 7.73. The zero-order valence-corrected chi connectivity index (χ0v) is 12.1. The molecule has 0 bridgehead atoms. The largest absolute Gasteiger partial charge is 0.475 e. The smallest absolute Gasteiger partial charge is 0.260 e. The molecule has 0 saturated carbocycles. The van der Waals surface area contributed by atoms with Gasteiger partial charge in [-0.05, 0) is 18.8 Å². The maximum absolute atomic E-state index is 5.81. The number of anilines is 1. The molecule has 2 aromatic rings. The molecule has 5 heteroatoms. The van der Waals surface area contributed by atoms with Crippen molar-refractivity contribution in [2.75, 3.05) is 18.5 Å². The summed E-state index contributed by atoms with van der Waals surface area (Å²) >= 11 is 0. The van der Waals surface area contributed by atoms with Crippen molar-refractivity contribution in [3.63, 3.8) is 0 Å². The van der Waals surface area contributed by atoms with Gasteiger partial charge in [-0.1, -0.05) is 20.8 Å². The van der Waals surface area contributed by atoms with Crippen LogP contribution < -0.4 is 10.1 Å². The van der Waals surface area contributed by atoms with Crippen LogP contribution >= 0.6 is 0 Å². The highest BCUT2D eigenvalue weighted by Crippen LogP contribution is 2.22. The molecule has 0 fully saturated rings. The third-order valence-electron chi connectivity index (χ3n) is 2.79. The van der Waals surface area contributed by atoms with Gasteiger partial charge in [0.15, 0.2) is 0 Å². The number of hydrogen-bond acceptors (Lipinski definition) is 4. The lowest BCUT2D eigenvalue weighted by Crippen LogP contribution is -2.12. The predicted octanol–water partition coefficient (Wildman–Crippen LogP) is 2.98. The molecule has 2 aromatic heterocycles. The molecular formula is C14H22N4O. The van der Waals surface area contributed by atoms with E-state index in [2.05, 4.69) is 36.1 Å². The van der Waals surface area contributed by atoms with E-state index in [0.29, 0.717) is 12.5 Å². The van der Waals surface area contributed by atoms with Crippen molar-refractivity contribution in [3.05, 3.63) is 18.6 Å². The van der Waals surface area contributed by atoms with E-state index in [4.69, 9.17) is 4.74 Å². The lowest BCUT2D eigenvalue weighted by molar-refractivity contribution is 0.238. The Labute approximate surface area is 114 Å². The molecule has 0 radical (unpaired) electrons. The van der Waals surface area contributed by atoms with Crippen molar-refractivity contribution in [2.24, 2.45) is 5.41 Å². The fourth-order valence-corrected chi connectivity index (χ4v) is 1.72. The molecule has 0 saturated heterocycles. The zero-order chi connectivity index (χ0) is 13.9. The van der Waals surface area contributed by atoms with Gasteiger partial charge in [-0.15, -0.1) is 0 Å². The summed E-state index contributed by atoms with van der Waals surface area (Å²) in [5.74, 6) is 1.39. The summed E-state index contributed by atoms with van der Waals surface area (Å²) in [6.45, 7) is 10.1. The average Bonchev–Trinajstić information content (AvgIpc) is 2.76. The van der Waals surface area contributed by atoms with Crippen LogP contribution in [-0.2, 0) is 0 Å². The highest BCUT2D eigenvalue weighted by molar-refractivity contribution is 5.53. The van der Waals surface area contributed by atoms with Gasteiger partial charge in [-0.2, -0.15) is 4.98 Å².